The lowest BCUT2D eigenvalue weighted by molar-refractivity contribution is 0.407. The maximum absolute atomic E-state index is 6.17. The molecule has 0 aliphatic rings. The number of rotatable bonds is 4. The normalized spacial score (nSPS) is 11.4. The fourth-order valence-corrected chi connectivity index (χ4v) is 3.43. The molecule has 0 spiro atoms. The van der Waals surface area contributed by atoms with E-state index >= 15 is 0 Å². The van der Waals surface area contributed by atoms with Crippen molar-refractivity contribution in [1.82, 2.24) is 4.57 Å². The molecule has 0 atom stereocenters. The van der Waals surface area contributed by atoms with Crippen molar-refractivity contribution in [3.63, 3.8) is 0 Å². The standard InChI is InChI=1S/C21H26N2O/c1-13(2)17-11-16(7-9-20(17)24-5)12-23-15(4)10-18-19(22)8-6-14(3)21(18)23/h6-11,13H,12,22H2,1-5H3. The van der Waals surface area contributed by atoms with E-state index in [1.807, 2.05) is 6.07 Å². The number of hydrogen-bond acceptors (Lipinski definition) is 2. The molecule has 24 heavy (non-hydrogen) atoms. The minimum absolute atomic E-state index is 0.430. The van der Waals surface area contributed by atoms with Crippen LogP contribution in [0, 0.1) is 13.8 Å². The molecule has 2 aromatic carbocycles. The maximum Gasteiger partial charge on any atom is 0.122 e. The maximum atomic E-state index is 6.17. The van der Waals surface area contributed by atoms with Gasteiger partial charge in [-0.25, -0.2) is 0 Å². The van der Waals surface area contributed by atoms with Gasteiger partial charge in [0.25, 0.3) is 0 Å². The lowest BCUT2D eigenvalue weighted by Crippen LogP contribution is -2.04. The number of aromatic nitrogens is 1. The predicted octanol–water partition coefficient (Wildman–Crippen LogP) is 5.02. The highest BCUT2D eigenvalue weighted by molar-refractivity contribution is 5.94. The van der Waals surface area contributed by atoms with E-state index in [2.05, 4.69) is 62.6 Å². The van der Waals surface area contributed by atoms with E-state index < -0.39 is 0 Å². The molecule has 3 nitrogen and oxygen atoms in total. The molecule has 0 bridgehead atoms. The highest BCUT2D eigenvalue weighted by Crippen LogP contribution is 2.31. The summed E-state index contributed by atoms with van der Waals surface area (Å²) in [4.78, 5) is 0. The minimum Gasteiger partial charge on any atom is -0.496 e. The first-order chi connectivity index (χ1) is 11.4. The molecule has 0 saturated carbocycles. The number of methoxy groups -OCH3 is 1. The fraction of sp³-hybridized carbons (Fsp3) is 0.333. The van der Waals surface area contributed by atoms with Gasteiger partial charge in [0, 0.05) is 23.3 Å². The molecule has 1 aromatic heterocycles. The molecule has 0 aliphatic carbocycles. The zero-order valence-electron chi connectivity index (χ0n) is 15.2. The quantitative estimate of drug-likeness (QED) is 0.685. The van der Waals surface area contributed by atoms with Crippen LogP contribution in [0.15, 0.2) is 36.4 Å². The third kappa shape index (κ3) is 2.75. The zero-order valence-corrected chi connectivity index (χ0v) is 15.2. The van der Waals surface area contributed by atoms with Gasteiger partial charge in [0.05, 0.1) is 12.6 Å². The van der Waals surface area contributed by atoms with Crippen LogP contribution in [-0.2, 0) is 6.54 Å². The van der Waals surface area contributed by atoms with Crippen LogP contribution in [-0.4, -0.2) is 11.7 Å². The van der Waals surface area contributed by atoms with Gasteiger partial charge in [0.15, 0.2) is 0 Å². The Labute approximate surface area is 144 Å². The van der Waals surface area contributed by atoms with Crippen molar-refractivity contribution in [2.24, 2.45) is 0 Å². The largest absolute Gasteiger partial charge is 0.496 e. The summed E-state index contributed by atoms with van der Waals surface area (Å²) in [5.74, 6) is 1.39. The van der Waals surface area contributed by atoms with Gasteiger partial charge >= 0.3 is 0 Å². The Morgan fingerprint density at radius 3 is 2.50 bits per heavy atom. The third-order valence-corrected chi connectivity index (χ3v) is 4.76. The number of aryl methyl sites for hydroxylation is 2. The lowest BCUT2D eigenvalue weighted by Gasteiger charge is -2.16. The lowest BCUT2D eigenvalue weighted by atomic mass is 9.99. The summed E-state index contributed by atoms with van der Waals surface area (Å²) in [6, 6.07) is 12.8. The smallest absolute Gasteiger partial charge is 0.122 e. The number of ether oxygens (including phenoxy) is 1. The Balaban J connectivity index is 2.09. The molecular formula is C21H26N2O. The summed E-state index contributed by atoms with van der Waals surface area (Å²) in [5, 5.41) is 1.14. The Hall–Kier alpha value is -2.42. The monoisotopic (exact) mass is 322 g/mol. The number of nitrogen functional groups attached to an aromatic ring is 1. The molecule has 3 rings (SSSR count). The summed E-state index contributed by atoms with van der Waals surface area (Å²) >= 11 is 0. The van der Waals surface area contributed by atoms with Gasteiger partial charge in [0.1, 0.15) is 5.75 Å². The molecule has 3 aromatic rings. The first kappa shape index (κ1) is 16.4. The van der Waals surface area contributed by atoms with Crippen LogP contribution in [0.4, 0.5) is 5.69 Å². The van der Waals surface area contributed by atoms with Gasteiger partial charge in [-0.05, 0) is 54.7 Å². The molecule has 0 fully saturated rings. The van der Waals surface area contributed by atoms with Crippen LogP contribution in [0.25, 0.3) is 10.9 Å². The Bertz CT molecular complexity index is 890. The molecule has 1 heterocycles. The molecule has 0 radical (unpaired) electrons. The van der Waals surface area contributed by atoms with Crippen LogP contribution in [0.5, 0.6) is 5.75 Å². The summed E-state index contributed by atoms with van der Waals surface area (Å²) in [6.45, 7) is 9.52. The summed E-state index contributed by atoms with van der Waals surface area (Å²) in [5.41, 5.74) is 13.3. The average Bonchev–Trinajstić information content (AvgIpc) is 2.89. The zero-order chi connectivity index (χ0) is 17.4. The molecule has 126 valence electrons. The van der Waals surface area contributed by atoms with Gasteiger partial charge in [-0.3, -0.25) is 0 Å². The first-order valence-corrected chi connectivity index (χ1v) is 8.44. The van der Waals surface area contributed by atoms with Crippen molar-refractivity contribution in [2.45, 2.75) is 40.2 Å². The van der Waals surface area contributed by atoms with Crippen molar-refractivity contribution in [3.8, 4) is 5.75 Å². The Kier molecular flexibility index (Phi) is 4.27. The second-order valence-corrected chi connectivity index (χ2v) is 6.84. The third-order valence-electron chi connectivity index (χ3n) is 4.76. The van der Waals surface area contributed by atoms with Crippen molar-refractivity contribution in [1.29, 1.82) is 0 Å². The average molecular weight is 322 g/mol. The van der Waals surface area contributed by atoms with Crippen molar-refractivity contribution in [2.75, 3.05) is 12.8 Å². The van der Waals surface area contributed by atoms with Crippen molar-refractivity contribution >= 4 is 16.6 Å². The van der Waals surface area contributed by atoms with Crippen LogP contribution < -0.4 is 10.5 Å². The van der Waals surface area contributed by atoms with E-state index in [-0.39, 0.29) is 0 Å². The fourth-order valence-electron chi connectivity index (χ4n) is 3.43. The Morgan fingerprint density at radius 2 is 1.83 bits per heavy atom. The van der Waals surface area contributed by atoms with Crippen molar-refractivity contribution in [3.05, 3.63) is 58.8 Å². The second-order valence-electron chi connectivity index (χ2n) is 6.84. The van der Waals surface area contributed by atoms with Gasteiger partial charge < -0.3 is 15.0 Å². The molecule has 0 unspecified atom stereocenters. The van der Waals surface area contributed by atoms with E-state index in [4.69, 9.17) is 10.5 Å². The molecule has 0 amide bonds. The number of benzene rings is 2. The summed E-state index contributed by atoms with van der Waals surface area (Å²) in [6.07, 6.45) is 0. The van der Waals surface area contributed by atoms with E-state index in [0.717, 1.165) is 23.4 Å². The van der Waals surface area contributed by atoms with Gasteiger partial charge in [-0.15, -0.1) is 0 Å². The summed E-state index contributed by atoms with van der Waals surface area (Å²) < 4.78 is 7.86. The first-order valence-electron chi connectivity index (χ1n) is 8.44. The van der Waals surface area contributed by atoms with E-state index in [1.165, 1.54) is 27.9 Å². The number of anilines is 1. The van der Waals surface area contributed by atoms with Crippen LogP contribution in [0.2, 0.25) is 0 Å². The summed E-state index contributed by atoms with van der Waals surface area (Å²) in [7, 11) is 1.73. The molecule has 0 saturated heterocycles. The van der Waals surface area contributed by atoms with Gasteiger partial charge in [0.2, 0.25) is 0 Å². The molecule has 2 N–H and O–H groups in total. The second kappa shape index (κ2) is 6.23. The predicted molar refractivity (Wildman–Crippen MR) is 102 cm³/mol. The number of fused-ring (bicyclic) bond motifs is 1. The topological polar surface area (TPSA) is 40.2 Å². The molecule has 3 heteroatoms. The highest BCUT2D eigenvalue weighted by Gasteiger charge is 2.13. The van der Waals surface area contributed by atoms with Crippen LogP contribution in [0.3, 0.4) is 0 Å². The minimum atomic E-state index is 0.430. The van der Waals surface area contributed by atoms with Crippen LogP contribution >= 0.6 is 0 Å². The Morgan fingerprint density at radius 1 is 1.08 bits per heavy atom. The number of nitrogens with two attached hydrogens (primary N) is 1. The number of hydrogen-bond donors (Lipinski definition) is 1. The van der Waals surface area contributed by atoms with Crippen LogP contribution in [0.1, 0.15) is 42.1 Å². The number of nitrogens with zero attached hydrogens (tertiary/aromatic N) is 1. The highest BCUT2D eigenvalue weighted by atomic mass is 16.5. The van der Waals surface area contributed by atoms with E-state index in [1.54, 1.807) is 7.11 Å². The molecular weight excluding hydrogens is 296 g/mol. The van der Waals surface area contributed by atoms with E-state index in [9.17, 15) is 0 Å². The van der Waals surface area contributed by atoms with Gasteiger partial charge in [-0.2, -0.15) is 0 Å². The SMILES string of the molecule is COc1ccc(Cn2c(C)cc3c(N)ccc(C)c32)cc1C(C)C. The van der Waals surface area contributed by atoms with Crippen molar-refractivity contribution < 1.29 is 4.74 Å². The van der Waals surface area contributed by atoms with Gasteiger partial charge in [-0.1, -0.05) is 32.0 Å². The van der Waals surface area contributed by atoms with E-state index in [0.29, 0.717) is 5.92 Å². The molecule has 0 aliphatic heterocycles.